The van der Waals surface area contributed by atoms with Crippen LogP contribution in [0.15, 0.2) is 31.0 Å². The number of nitrogen functional groups attached to an aromatic ring is 1. The van der Waals surface area contributed by atoms with E-state index in [2.05, 4.69) is 11.6 Å². The summed E-state index contributed by atoms with van der Waals surface area (Å²) in [5, 5.41) is 0. The van der Waals surface area contributed by atoms with E-state index >= 15 is 0 Å². The smallest absolute Gasteiger partial charge is 0.0802 e. The van der Waals surface area contributed by atoms with Crippen molar-refractivity contribution in [3.8, 4) is 0 Å². The van der Waals surface area contributed by atoms with Gasteiger partial charge in [0.25, 0.3) is 0 Å². The van der Waals surface area contributed by atoms with Crippen molar-refractivity contribution in [2.24, 2.45) is 5.73 Å². The summed E-state index contributed by atoms with van der Waals surface area (Å²) >= 11 is 0. The minimum Gasteiger partial charge on any atom is -0.397 e. The van der Waals surface area contributed by atoms with Crippen LogP contribution < -0.4 is 11.5 Å². The predicted octanol–water partition coefficient (Wildman–Crippen LogP) is 1.24. The Hall–Kier alpha value is -1.35. The lowest BCUT2D eigenvalue weighted by atomic mass is 10.1. The van der Waals surface area contributed by atoms with Gasteiger partial charge in [-0.15, -0.1) is 6.58 Å². The van der Waals surface area contributed by atoms with Crippen molar-refractivity contribution in [1.29, 1.82) is 0 Å². The molecule has 4 N–H and O–H groups in total. The summed E-state index contributed by atoms with van der Waals surface area (Å²) in [6.07, 6.45) is 4.15. The molecule has 12 heavy (non-hydrogen) atoms. The van der Waals surface area contributed by atoms with Crippen molar-refractivity contribution in [3.05, 3.63) is 36.7 Å². The van der Waals surface area contributed by atoms with E-state index in [0.717, 1.165) is 5.69 Å². The fraction of sp³-hybridized carbons (Fsp3) is 0.222. The first-order valence-corrected chi connectivity index (χ1v) is 3.82. The third-order valence-electron chi connectivity index (χ3n) is 1.64. The van der Waals surface area contributed by atoms with Gasteiger partial charge in [-0.05, 0) is 18.6 Å². The van der Waals surface area contributed by atoms with Crippen LogP contribution in [0.4, 0.5) is 5.69 Å². The number of rotatable bonds is 3. The average molecular weight is 163 g/mol. The zero-order chi connectivity index (χ0) is 8.97. The van der Waals surface area contributed by atoms with Crippen LogP contribution in [0.3, 0.4) is 0 Å². The largest absolute Gasteiger partial charge is 0.397 e. The Labute approximate surface area is 72.1 Å². The summed E-state index contributed by atoms with van der Waals surface area (Å²) in [6, 6.07) is 3.45. The van der Waals surface area contributed by atoms with Crippen LogP contribution in [0.2, 0.25) is 0 Å². The topological polar surface area (TPSA) is 64.9 Å². The maximum Gasteiger partial charge on any atom is 0.0802 e. The van der Waals surface area contributed by atoms with Gasteiger partial charge in [0.15, 0.2) is 0 Å². The zero-order valence-corrected chi connectivity index (χ0v) is 6.90. The predicted molar refractivity (Wildman–Crippen MR) is 50.4 cm³/mol. The number of hydrogen-bond donors (Lipinski definition) is 2. The second-order valence-electron chi connectivity index (χ2n) is 2.61. The minimum absolute atomic E-state index is 0.135. The molecule has 0 bridgehead atoms. The van der Waals surface area contributed by atoms with Crippen molar-refractivity contribution >= 4 is 5.69 Å². The first kappa shape index (κ1) is 8.74. The lowest BCUT2D eigenvalue weighted by Gasteiger charge is -2.09. The lowest BCUT2D eigenvalue weighted by molar-refractivity contribution is 0.717. The molecule has 0 fully saturated rings. The summed E-state index contributed by atoms with van der Waals surface area (Å²) < 4.78 is 0. The van der Waals surface area contributed by atoms with Crippen LogP contribution in [-0.4, -0.2) is 4.98 Å². The van der Waals surface area contributed by atoms with Gasteiger partial charge in [-0.3, -0.25) is 4.98 Å². The highest BCUT2D eigenvalue weighted by Crippen LogP contribution is 2.17. The minimum atomic E-state index is -0.135. The maximum atomic E-state index is 5.79. The standard InChI is InChI=1S/C9H13N3/c1-2-4-7(10)9-8(11)5-3-6-12-9/h2-3,5-7H,1,4,10-11H2/t7-/m1/s1. The summed E-state index contributed by atoms with van der Waals surface area (Å²) in [7, 11) is 0. The van der Waals surface area contributed by atoms with E-state index in [4.69, 9.17) is 11.5 Å². The van der Waals surface area contributed by atoms with Crippen LogP contribution in [0.5, 0.6) is 0 Å². The third-order valence-corrected chi connectivity index (χ3v) is 1.64. The van der Waals surface area contributed by atoms with E-state index in [-0.39, 0.29) is 6.04 Å². The lowest BCUT2D eigenvalue weighted by Crippen LogP contribution is -2.13. The molecule has 1 atom stereocenters. The SMILES string of the molecule is C=CC[C@@H](N)c1ncccc1N. The Morgan fingerprint density at radius 3 is 3.00 bits per heavy atom. The van der Waals surface area contributed by atoms with Gasteiger partial charge in [0, 0.05) is 6.20 Å². The van der Waals surface area contributed by atoms with Gasteiger partial charge in [0.1, 0.15) is 0 Å². The molecule has 1 aromatic heterocycles. The molecule has 64 valence electrons. The van der Waals surface area contributed by atoms with E-state index in [9.17, 15) is 0 Å². The second kappa shape index (κ2) is 3.88. The van der Waals surface area contributed by atoms with Gasteiger partial charge >= 0.3 is 0 Å². The van der Waals surface area contributed by atoms with Crippen molar-refractivity contribution < 1.29 is 0 Å². The fourth-order valence-corrected chi connectivity index (χ4v) is 1.03. The van der Waals surface area contributed by atoms with Gasteiger partial charge in [-0.25, -0.2) is 0 Å². The molecule has 0 saturated heterocycles. The molecular formula is C9H13N3. The van der Waals surface area contributed by atoms with Crippen LogP contribution in [0.1, 0.15) is 18.2 Å². The van der Waals surface area contributed by atoms with E-state index in [1.54, 1.807) is 24.4 Å². The van der Waals surface area contributed by atoms with Gasteiger partial charge in [-0.1, -0.05) is 6.08 Å². The molecule has 0 amide bonds. The monoisotopic (exact) mass is 163 g/mol. The van der Waals surface area contributed by atoms with Gasteiger partial charge < -0.3 is 11.5 Å². The number of anilines is 1. The molecule has 0 aliphatic heterocycles. The van der Waals surface area contributed by atoms with Crippen molar-refractivity contribution in [3.63, 3.8) is 0 Å². The number of hydrogen-bond acceptors (Lipinski definition) is 3. The molecule has 3 heteroatoms. The highest BCUT2D eigenvalue weighted by molar-refractivity contribution is 5.43. The van der Waals surface area contributed by atoms with Crippen molar-refractivity contribution in [1.82, 2.24) is 4.98 Å². The van der Waals surface area contributed by atoms with E-state index in [1.807, 2.05) is 0 Å². The average Bonchev–Trinajstić information content (AvgIpc) is 2.05. The Morgan fingerprint density at radius 1 is 1.67 bits per heavy atom. The quantitative estimate of drug-likeness (QED) is 0.659. The van der Waals surface area contributed by atoms with Crippen molar-refractivity contribution in [2.75, 3.05) is 5.73 Å². The Kier molecular flexibility index (Phi) is 2.82. The highest BCUT2D eigenvalue weighted by Gasteiger charge is 2.07. The number of pyridine rings is 1. The molecule has 0 aliphatic carbocycles. The molecule has 3 nitrogen and oxygen atoms in total. The Bertz CT molecular complexity index is 270. The van der Waals surface area contributed by atoms with Crippen LogP contribution in [-0.2, 0) is 0 Å². The Balaban J connectivity index is 2.86. The molecule has 1 heterocycles. The fourth-order valence-electron chi connectivity index (χ4n) is 1.03. The molecule has 0 radical (unpaired) electrons. The summed E-state index contributed by atoms with van der Waals surface area (Å²) in [5.41, 5.74) is 12.9. The van der Waals surface area contributed by atoms with Crippen LogP contribution >= 0.6 is 0 Å². The molecule has 1 aromatic rings. The molecule has 0 aliphatic rings. The van der Waals surface area contributed by atoms with Crippen LogP contribution in [0, 0.1) is 0 Å². The molecular weight excluding hydrogens is 150 g/mol. The second-order valence-corrected chi connectivity index (χ2v) is 2.61. The summed E-state index contributed by atoms with van der Waals surface area (Å²) in [6.45, 7) is 3.61. The van der Waals surface area contributed by atoms with Crippen molar-refractivity contribution in [2.45, 2.75) is 12.5 Å². The number of nitrogens with two attached hydrogens (primary N) is 2. The summed E-state index contributed by atoms with van der Waals surface area (Å²) in [4.78, 5) is 4.10. The maximum absolute atomic E-state index is 5.79. The number of nitrogens with zero attached hydrogens (tertiary/aromatic N) is 1. The van der Waals surface area contributed by atoms with E-state index in [0.29, 0.717) is 12.1 Å². The molecule has 1 rings (SSSR count). The van der Waals surface area contributed by atoms with Gasteiger partial charge in [-0.2, -0.15) is 0 Å². The van der Waals surface area contributed by atoms with Gasteiger partial charge in [0.2, 0.25) is 0 Å². The molecule has 0 spiro atoms. The van der Waals surface area contributed by atoms with E-state index < -0.39 is 0 Å². The normalized spacial score (nSPS) is 12.4. The Morgan fingerprint density at radius 2 is 2.42 bits per heavy atom. The molecule has 0 aromatic carbocycles. The van der Waals surface area contributed by atoms with Gasteiger partial charge in [0.05, 0.1) is 17.4 Å². The van der Waals surface area contributed by atoms with E-state index in [1.165, 1.54) is 0 Å². The first-order valence-electron chi connectivity index (χ1n) is 3.82. The number of aromatic nitrogens is 1. The molecule has 0 saturated carbocycles. The zero-order valence-electron chi connectivity index (χ0n) is 6.90. The van der Waals surface area contributed by atoms with Crippen LogP contribution in [0.25, 0.3) is 0 Å². The molecule has 0 unspecified atom stereocenters. The highest BCUT2D eigenvalue weighted by atomic mass is 14.8. The third kappa shape index (κ3) is 1.83. The first-order chi connectivity index (χ1) is 5.75. The summed E-state index contributed by atoms with van der Waals surface area (Å²) in [5.74, 6) is 0.